The highest BCUT2D eigenvalue weighted by Crippen LogP contribution is 2.31. The maximum absolute atomic E-state index is 11.1. The zero-order valence-corrected chi connectivity index (χ0v) is 10.8. The van der Waals surface area contributed by atoms with E-state index in [2.05, 4.69) is 15.7 Å². The Balaban J connectivity index is 2.09. The Morgan fingerprint density at radius 1 is 1.42 bits per heavy atom. The van der Waals surface area contributed by atoms with Crippen LogP contribution in [0.15, 0.2) is 29.1 Å². The van der Waals surface area contributed by atoms with Crippen molar-refractivity contribution in [3.8, 4) is 0 Å². The number of nitrogen functional groups attached to an aromatic ring is 1. The number of thiazole rings is 1. The van der Waals surface area contributed by atoms with E-state index < -0.39 is 4.92 Å². The quantitative estimate of drug-likeness (QED) is 0.424. The molecular weight excluding hydrogens is 266 g/mol. The Morgan fingerprint density at radius 3 is 2.84 bits per heavy atom. The molecule has 100 valence electrons. The molecule has 0 aliphatic heterocycles. The van der Waals surface area contributed by atoms with Gasteiger partial charge in [-0.05, 0) is 12.1 Å². The van der Waals surface area contributed by atoms with Crippen molar-refractivity contribution in [2.24, 2.45) is 5.84 Å². The minimum absolute atomic E-state index is 0.0525. The topological polar surface area (TPSA) is 106 Å². The maximum atomic E-state index is 11.1. The lowest BCUT2D eigenvalue weighted by atomic mass is 10.2. The molecule has 1 aromatic heterocycles. The number of nitrogens with one attached hydrogen (secondary N) is 2. The largest absolute Gasteiger partial charge is 0.379 e. The summed E-state index contributed by atoms with van der Waals surface area (Å²) in [5, 5.41) is 16.0. The van der Waals surface area contributed by atoms with Crippen LogP contribution in [-0.4, -0.2) is 16.5 Å². The van der Waals surface area contributed by atoms with Gasteiger partial charge in [0.25, 0.3) is 0 Å². The number of nitrogens with two attached hydrogens (primary N) is 1. The molecule has 19 heavy (non-hydrogen) atoms. The van der Waals surface area contributed by atoms with Gasteiger partial charge in [0.1, 0.15) is 11.4 Å². The van der Waals surface area contributed by atoms with Gasteiger partial charge in [-0.2, -0.15) is 0 Å². The molecule has 0 fully saturated rings. The Labute approximate surface area is 113 Å². The normalized spacial score (nSPS) is 10.2. The average molecular weight is 279 g/mol. The number of nitro benzene ring substituents is 1. The molecule has 8 heteroatoms. The molecule has 0 saturated carbocycles. The van der Waals surface area contributed by atoms with Gasteiger partial charge in [0, 0.05) is 18.3 Å². The van der Waals surface area contributed by atoms with Gasteiger partial charge in [-0.1, -0.05) is 6.07 Å². The van der Waals surface area contributed by atoms with Crippen molar-refractivity contribution >= 4 is 28.4 Å². The van der Waals surface area contributed by atoms with Gasteiger partial charge in [-0.25, -0.2) is 4.98 Å². The minimum Gasteiger partial charge on any atom is -0.379 e. The molecule has 0 aliphatic rings. The molecule has 0 aliphatic carbocycles. The lowest BCUT2D eigenvalue weighted by molar-refractivity contribution is -0.383. The summed E-state index contributed by atoms with van der Waals surface area (Å²) in [6.07, 6.45) is 0.709. The maximum Gasteiger partial charge on any atom is 0.316 e. The molecule has 4 N–H and O–H groups in total. The molecule has 0 amide bonds. The van der Waals surface area contributed by atoms with Crippen molar-refractivity contribution in [2.45, 2.75) is 6.42 Å². The van der Waals surface area contributed by atoms with Crippen molar-refractivity contribution < 1.29 is 4.92 Å². The van der Waals surface area contributed by atoms with Gasteiger partial charge >= 0.3 is 5.69 Å². The summed E-state index contributed by atoms with van der Waals surface area (Å²) in [7, 11) is 0. The van der Waals surface area contributed by atoms with Crippen LogP contribution in [0.1, 0.15) is 5.69 Å². The number of hydrogen-bond donors (Lipinski definition) is 3. The van der Waals surface area contributed by atoms with Crippen molar-refractivity contribution in [2.75, 3.05) is 17.3 Å². The summed E-state index contributed by atoms with van der Waals surface area (Å²) in [6.45, 7) is 0.568. The highest BCUT2D eigenvalue weighted by molar-refractivity contribution is 7.07. The standard InChI is InChI=1S/C11H13N5O2S/c12-15-10-3-1-2-9(11(10)16(17)18)13-5-4-8-6-19-7-14-8/h1-3,6-7,13,15H,4-5,12H2. The number of anilines is 2. The molecule has 0 spiro atoms. The Bertz CT molecular complexity index is 558. The summed E-state index contributed by atoms with van der Waals surface area (Å²) in [5.74, 6) is 5.27. The Morgan fingerprint density at radius 2 is 2.21 bits per heavy atom. The van der Waals surface area contributed by atoms with E-state index in [4.69, 9.17) is 5.84 Å². The first-order chi connectivity index (χ1) is 9.22. The second-order valence-electron chi connectivity index (χ2n) is 3.76. The number of rotatable bonds is 6. The van der Waals surface area contributed by atoms with E-state index in [1.54, 1.807) is 23.7 Å². The highest BCUT2D eigenvalue weighted by Gasteiger charge is 2.18. The van der Waals surface area contributed by atoms with E-state index in [1.807, 2.05) is 5.38 Å². The van der Waals surface area contributed by atoms with Crippen LogP contribution in [0.25, 0.3) is 0 Å². The molecular formula is C11H13N5O2S. The van der Waals surface area contributed by atoms with Gasteiger partial charge in [-0.3, -0.25) is 16.0 Å². The summed E-state index contributed by atoms with van der Waals surface area (Å²) >= 11 is 1.53. The SMILES string of the molecule is NNc1cccc(NCCc2cscn2)c1[N+](=O)[O-]. The van der Waals surface area contributed by atoms with E-state index in [0.29, 0.717) is 18.7 Å². The van der Waals surface area contributed by atoms with Crippen LogP contribution in [0.5, 0.6) is 0 Å². The third-order valence-electron chi connectivity index (χ3n) is 2.55. The molecule has 1 heterocycles. The third kappa shape index (κ3) is 3.18. The van der Waals surface area contributed by atoms with Gasteiger partial charge < -0.3 is 10.7 Å². The first-order valence-corrected chi connectivity index (χ1v) is 6.51. The average Bonchev–Trinajstić information content (AvgIpc) is 2.91. The van der Waals surface area contributed by atoms with E-state index in [-0.39, 0.29) is 11.4 Å². The predicted octanol–water partition coefficient (Wildman–Crippen LogP) is 1.99. The van der Waals surface area contributed by atoms with E-state index in [9.17, 15) is 10.1 Å². The first kappa shape index (κ1) is 13.2. The second kappa shape index (κ2) is 6.12. The number of aromatic nitrogens is 1. The summed E-state index contributed by atoms with van der Waals surface area (Å²) < 4.78 is 0. The monoisotopic (exact) mass is 279 g/mol. The molecule has 2 aromatic rings. The van der Waals surface area contributed by atoms with E-state index in [0.717, 1.165) is 5.69 Å². The minimum atomic E-state index is -0.458. The molecule has 7 nitrogen and oxygen atoms in total. The van der Waals surface area contributed by atoms with Crippen molar-refractivity contribution in [3.05, 3.63) is 44.9 Å². The Hall–Kier alpha value is -2.19. The summed E-state index contributed by atoms with van der Waals surface area (Å²) in [4.78, 5) is 14.7. The van der Waals surface area contributed by atoms with Gasteiger partial charge in [0.2, 0.25) is 0 Å². The molecule has 0 atom stereocenters. The molecule has 2 rings (SSSR count). The zero-order chi connectivity index (χ0) is 13.7. The fraction of sp³-hybridized carbons (Fsp3) is 0.182. The van der Waals surface area contributed by atoms with E-state index >= 15 is 0 Å². The highest BCUT2D eigenvalue weighted by atomic mass is 32.1. The van der Waals surface area contributed by atoms with Crippen LogP contribution in [-0.2, 0) is 6.42 Å². The van der Waals surface area contributed by atoms with Crippen LogP contribution in [0.3, 0.4) is 0 Å². The lowest BCUT2D eigenvalue weighted by Crippen LogP contribution is -2.12. The number of hydrogen-bond acceptors (Lipinski definition) is 7. The van der Waals surface area contributed by atoms with Gasteiger partial charge in [-0.15, -0.1) is 11.3 Å². The van der Waals surface area contributed by atoms with Crippen LogP contribution >= 0.6 is 11.3 Å². The van der Waals surface area contributed by atoms with Crippen molar-refractivity contribution in [1.82, 2.24) is 4.98 Å². The number of benzene rings is 1. The van der Waals surface area contributed by atoms with E-state index in [1.165, 1.54) is 11.3 Å². The molecule has 0 radical (unpaired) electrons. The second-order valence-corrected chi connectivity index (χ2v) is 4.48. The van der Waals surface area contributed by atoms with Gasteiger partial charge in [0.05, 0.1) is 16.1 Å². The number of nitrogens with zero attached hydrogens (tertiary/aromatic N) is 2. The third-order valence-corrected chi connectivity index (χ3v) is 3.19. The van der Waals surface area contributed by atoms with Crippen molar-refractivity contribution in [1.29, 1.82) is 0 Å². The predicted molar refractivity (Wildman–Crippen MR) is 75.2 cm³/mol. The van der Waals surface area contributed by atoms with Crippen LogP contribution in [0, 0.1) is 10.1 Å². The van der Waals surface area contributed by atoms with Crippen LogP contribution < -0.4 is 16.6 Å². The smallest absolute Gasteiger partial charge is 0.316 e. The fourth-order valence-electron chi connectivity index (χ4n) is 1.69. The summed E-state index contributed by atoms with van der Waals surface area (Å²) in [6, 6.07) is 4.91. The lowest BCUT2D eigenvalue weighted by Gasteiger charge is -2.09. The fourth-order valence-corrected chi connectivity index (χ4v) is 2.28. The molecule has 0 bridgehead atoms. The number of para-hydroxylation sites is 1. The molecule has 0 unspecified atom stereocenters. The molecule has 0 saturated heterocycles. The van der Waals surface area contributed by atoms with Gasteiger partial charge in [0.15, 0.2) is 0 Å². The van der Waals surface area contributed by atoms with Crippen LogP contribution in [0.4, 0.5) is 17.1 Å². The van der Waals surface area contributed by atoms with Crippen molar-refractivity contribution in [3.63, 3.8) is 0 Å². The molecule has 1 aromatic carbocycles. The number of nitro groups is 1. The zero-order valence-electron chi connectivity index (χ0n) is 10.00. The number of hydrazine groups is 1. The first-order valence-electron chi connectivity index (χ1n) is 5.57. The van der Waals surface area contributed by atoms with Crippen LogP contribution in [0.2, 0.25) is 0 Å². The summed E-state index contributed by atoms with van der Waals surface area (Å²) in [5.41, 5.74) is 5.72. The Kier molecular flexibility index (Phi) is 4.26.